The molecule has 2 heterocycles. The van der Waals surface area contributed by atoms with Gasteiger partial charge in [-0.15, -0.1) is 11.3 Å². The highest BCUT2D eigenvalue weighted by Crippen LogP contribution is 2.38. The summed E-state index contributed by atoms with van der Waals surface area (Å²) in [5, 5.41) is 5.83. The quantitative estimate of drug-likeness (QED) is 0.805. The lowest BCUT2D eigenvalue weighted by Crippen LogP contribution is -2.42. The Morgan fingerprint density at radius 3 is 2.74 bits per heavy atom. The van der Waals surface area contributed by atoms with Crippen molar-refractivity contribution < 1.29 is 14.3 Å². The van der Waals surface area contributed by atoms with Gasteiger partial charge < -0.3 is 14.8 Å². The second-order valence-electron chi connectivity index (χ2n) is 7.67. The molecule has 2 aromatic rings. The number of hydrogen-bond acceptors (Lipinski definition) is 5. The van der Waals surface area contributed by atoms with E-state index in [4.69, 9.17) is 9.47 Å². The van der Waals surface area contributed by atoms with Crippen molar-refractivity contribution in [2.45, 2.75) is 57.8 Å². The van der Waals surface area contributed by atoms with Gasteiger partial charge in [-0.05, 0) is 69.7 Å². The normalized spacial score (nSPS) is 22.6. The first-order valence-electron chi connectivity index (χ1n) is 9.73. The molecule has 2 atom stereocenters. The zero-order valence-corrected chi connectivity index (χ0v) is 16.6. The van der Waals surface area contributed by atoms with Crippen LogP contribution in [-0.2, 0) is 4.74 Å². The van der Waals surface area contributed by atoms with E-state index in [0.29, 0.717) is 17.7 Å². The van der Waals surface area contributed by atoms with E-state index >= 15 is 0 Å². The molecular formula is C21H26N2O3S. The largest absolute Gasteiger partial charge is 0.491 e. The van der Waals surface area contributed by atoms with Crippen LogP contribution < -0.4 is 10.1 Å². The number of nitrogens with zero attached hydrogens (tertiary/aromatic N) is 1. The highest BCUT2D eigenvalue weighted by Gasteiger charge is 2.36. The van der Waals surface area contributed by atoms with Crippen LogP contribution in [-0.4, -0.2) is 35.7 Å². The standard InChI is InChI=1S/C21H26N2O3S/c1-13(2)26-17-7-5-15(6-8-17)21-23-18(12-27-21)20(24)22-16-9-10-25-19(11-16)14-3-4-14/h5-8,12-14,16,19H,3-4,9-11H2,1-2H3,(H,22,24)/t16-,19+/m0/s1. The smallest absolute Gasteiger partial charge is 0.270 e. The van der Waals surface area contributed by atoms with Gasteiger partial charge in [0.2, 0.25) is 0 Å². The van der Waals surface area contributed by atoms with E-state index in [1.807, 2.05) is 43.5 Å². The number of benzene rings is 1. The second-order valence-corrected chi connectivity index (χ2v) is 8.53. The molecular weight excluding hydrogens is 360 g/mol. The minimum atomic E-state index is -0.0845. The fraction of sp³-hybridized carbons (Fsp3) is 0.524. The SMILES string of the molecule is CC(C)Oc1ccc(-c2nc(C(=O)N[C@H]3CCO[C@@H](C4CC4)C3)cs2)cc1. The third-order valence-corrected chi connectivity index (χ3v) is 5.90. The Labute approximate surface area is 164 Å². The summed E-state index contributed by atoms with van der Waals surface area (Å²) >= 11 is 1.49. The minimum Gasteiger partial charge on any atom is -0.491 e. The van der Waals surface area contributed by atoms with Crippen LogP contribution in [0, 0.1) is 5.92 Å². The molecule has 1 saturated heterocycles. The number of hydrogen-bond donors (Lipinski definition) is 1. The Morgan fingerprint density at radius 2 is 2.04 bits per heavy atom. The maximum absolute atomic E-state index is 12.6. The summed E-state index contributed by atoms with van der Waals surface area (Å²) in [5.74, 6) is 1.46. The number of rotatable bonds is 6. The molecule has 4 rings (SSSR count). The first-order valence-corrected chi connectivity index (χ1v) is 10.6. The van der Waals surface area contributed by atoms with Crippen LogP contribution in [0.3, 0.4) is 0 Å². The highest BCUT2D eigenvalue weighted by molar-refractivity contribution is 7.13. The highest BCUT2D eigenvalue weighted by atomic mass is 32.1. The van der Waals surface area contributed by atoms with Crippen LogP contribution in [0.5, 0.6) is 5.75 Å². The first kappa shape index (κ1) is 18.4. The number of ether oxygens (including phenoxy) is 2. The number of thiazole rings is 1. The number of amides is 1. The first-order chi connectivity index (χ1) is 13.1. The average molecular weight is 387 g/mol. The van der Waals surface area contributed by atoms with Gasteiger partial charge in [0.15, 0.2) is 0 Å². The Balaban J connectivity index is 1.37. The third kappa shape index (κ3) is 4.68. The van der Waals surface area contributed by atoms with Gasteiger partial charge in [-0.25, -0.2) is 4.98 Å². The molecule has 1 N–H and O–H groups in total. The van der Waals surface area contributed by atoms with Crippen LogP contribution in [0.1, 0.15) is 50.0 Å². The number of nitrogens with one attached hydrogen (secondary N) is 1. The monoisotopic (exact) mass is 386 g/mol. The van der Waals surface area contributed by atoms with E-state index in [1.54, 1.807) is 0 Å². The predicted octanol–water partition coefficient (Wildman–Crippen LogP) is 4.28. The Bertz CT molecular complexity index is 783. The van der Waals surface area contributed by atoms with Crippen LogP contribution >= 0.6 is 11.3 Å². The Morgan fingerprint density at radius 1 is 1.26 bits per heavy atom. The van der Waals surface area contributed by atoms with Gasteiger partial charge in [-0.1, -0.05) is 0 Å². The van der Waals surface area contributed by atoms with Crippen molar-refractivity contribution >= 4 is 17.2 Å². The Kier molecular flexibility index (Phi) is 5.45. The van der Waals surface area contributed by atoms with Crippen LogP contribution in [0.4, 0.5) is 0 Å². The molecule has 2 aliphatic rings. The maximum Gasteiger partial charge on any atom is 0.270 e. The second kappa shape index (κ2) is 7.98. The summed E-state index contributed by atoms with van der Waals surface area (Å²) in [5.41, 5.74) is 1.49. The van der Waals surface area contributed by atoms with Gasteiger partial charge in [-0.3, -0.25) is 4.79 Å². The fourth-order valence-corrected chi connectivity index (χ4v) is 4.28. The molecule has 27 heavy (non-hydrogen) atoms. The summed E-state index contributed by atoms with van der Waals surface area (Å²) in [6.45, 7) is 4.75. The molecule has 1 aliphatic carbocycles. The molecule has 1 aliphatic heterocycles. The lowest BCUT2D eigenvalue weighted by atomic mass is 10.00. The van der Waals surface area contributed by atoms with Gasteiger partial charge in [0.25, 0.3) is 5.91 Å². The fourth-order valence-electron chi connectivity index (χ4n) is 3.47. The van der Waals surface area contributed by atoms with Crippen LogP contribution in [0.15, 0.2) is 29.6 Å². The average Bonchev–Trinajstić information content (AvgIpc) is 3.39. The molecule has 0 unspecified atom stereocenters. The van der Waals surface area contributed by atoms with Crippen LogP contribution in [0.25, 0.3) is 10.6 Å². The van der Waals surface area contributed by atoms with Crippen molar-refractivity contribution in [3.05, 3.63) is 35.3 Å². The number of aromatic nitrogens is 1. The summed E-state index contributed by atoms with van der Waals surface area (Å²) in [6.07, 6.45) is 4.80. The van der Waals surface area contributed by atoms with E-state index in [0.717, 1.165) is 35.8 Å². The van der Waals surface area contributed by atoms with Gasteiger partial charge in [0.05, 0.1) is 12.2 Å². The molecule has 1 saturated carbocycles. The van der Waals surface area contributed by atoms with E-state index < -0.39 is 0 Å². The van der Waals surface area contributed by atoms with Crippen molar-refractivity contribution in [3.8, 4) is 16.3 Å². The molecule has 1 aromatic heterocycles. The molecule has 2 fully saturated rings. The molecule has 144 valence electrons. The van der Waals surface area contributed by atoms with Gasteiger partial charge in [0, 0.05) is 23.6 Å². The van der Waals surface area contributed by atoms with Crippen molar-refractivity contribution in [3.63, 3.8) is 0 Å². The summed E-state index contributed by atoms with van der Waals surface area (Å²) in [4.78, 5) is 17.1. The lowest BCUT2D eigenvalue weighted by molar-refractivity contribution is -0.0102. The number of carbonyl (C=O) groups excluding carboxylic acids is 1. The van der Waals surface area contributed by atoms with Gasteiger partial charge in [-0.2, -0.15) is 0 Å². The van der Waals surface area contributed by atoms with E-state index in [-0.39, 0.29) is 18.1 Å². The van der Waals surface area contributed by atoms with Crippen molar-refractivity contribution in [1.29, 1.82) is 0 Å². The van der Waals surface area contributed by atoms with Gasteiger partial charge in [0.1, 0.15) is 16.5 Å². The molecule has 1 amide bonds. The van der Waals surface area contributed by atoms with Crippen molar-refractivity contribution in [2.75, 3.05) is 6.61 Å². The summed E-state index contributed by atoms with van der Waals surface area (Å²) in [6, 6.07) is 8.04. The zero-order valence-electron chi connectivity index (χ0n) is 15.8. The van der Waals surface area contributed by atoms with Crippen LogP contribution in [0.2, 0.25) is 0 Å². The zero-order chi connectivity index (χ0) is 18.8. The van der Waals surface area contributed by atoms with E-state index in [9.17, 15) is 4.79 Å². The molecule has 6 heteroatoms. The molecule has 5 nitrogen and oxygen atoms in total. The summed E-state index contributed by atoms with van der Waals surface area (Å²) in [7, 11) is 0. The lowest BCUT2D eigenvalue weighted by Gasteiger charge is -2.30. The minimum absolute atomic E-state index is 0.0845. The molecule has 1 aromatic carbocycles. The summed E-state index contributed by atoms with van der Waals surface area (Å²) < 4.78 is 11.5. The third-order valence-electron chi connectivity index (χ3n) is 5.01. The van der Waals surface area contributed by atoms with E-state index in [1.165, 1.54) is 24.2 Å². The Hall–Kier alpha value is -1.92. The van der Waals surface area contributed by atoms with Crippen molar-refractivity contribution in [2.24, 2.45) is 5.92 Å². The van der Waals surface area contributed by atoms with Crippen molar-refractivity contribution in [1.82, 2.24) is 10.3 Å². The van der Waals surface area contributed by atoms with E-state index in [2.05, 4.69) is 10.3 Å². The molecule has 0 bridgehead atoms. The number of carbonyl (C=O) groups is 1. The van der Waals surface area contributed by atoms with Gasteiger partial charge >= 0.3 is 0 Å². The maximum atomic E-state index is 12.6. The molecule has 0 spiro atoms. The molecule has 0 radical (unpaired) electrons. The topological polar surface area (TPSA) is 60.5 Å². The predicted molar refractivity (Wildman–Crippen MR) is 106 cm³/mol.